The van der Waals surface area contributed by atoms with E-state index >= 15 is 0 Å². The van der Waals surface area contributed by atoms with Gasteiger partial charge in [-0.3, -0.25) is 4.79 Å². The fourth-order valence-corrected chi connectivity index (χ4v) is 3.59. The molecular weight excluding hydrogens is 450 g/mol. The molecule has 0 aromatic heterocycles. The number of aliphatic hydroxyl groups is 2. The Hall–Kier alpha value is -2.97. The van der Waals surface area contributed by atoms with Crippen molar-refractivity contribution < 1.29 is 34.1 Å². The van der Waals surface area contributed by atoms with Gasteiger partial charge in [-0.1, -0.05) is 55.0 Å². The molecule has 1 aliphatic heterocycles. The van der Waals surface area contributed by atoms with Gasteiger partial charge in [-0.05, 0) is 51.5 Å². The second-order valence-electron chi connectivity index (χ2n) is 8.84. The van der Waals surface area contributed by atoms with Crippen molar-refractivity contribution in [3.05, 3.63) is 59.8 Å². The van der Waals surface area contributed by atoms with E-state index in [0.717, 1.165) is 11.9 Å². The van der Waals surface area contributed by atoms with Crippen LogP contribution in [-0.4, -0.2) is 53.0 Å². The van der Waals surface area contributed by atoms with Crippen LogP contribution in [0.1, 0.15) is 59.3 Å². The second kappa shape index (κ2) is 16.6. The average molecular weight is 490 g/mol. The van der Waals surface area contributed by atoms with Crippen LogP contribution in [0.25, 0.3) is 0 Å². The Morgan fingerprint density at radius 3 is 2.66 bits per heavy atom. The van der Waals surface area contributed by atoms with Crippen LogP contribution in [0.3, 0.4) is 0 Å². The smallest absolute Gasteiger partial charge is 0.404 e. The molecule has 194 valence electrons. The van der Waals surface area contributed by atoms with Gasteiger partial charge in [0.05, 0.1) is 6.10 Å². The van der Waals surface area contributed by atoms with E-state index in [2.05, 4.69) is 0 Å². The van der Waals surface area contributed by atoms with E-state index in [1.54, 1.807) is 19.1 Å². The first kappa shape index (κ1) is 30.1. The van der Waals surface area contributed by atoms with Crippen LogP contribution in [0.4, 0.5) is 4.79 Å². The third-order valence-corrected chi connectivity index (χ3v) is 5.53. The molecule has 1 aliphatic rings. The molecule has 0 aromatic rings. The fraction of sp³-hybridized carbons (Fsp3) is 0.519. The highest BCUT2D eigenvalue weighted by molar-refractivity contribution is 5.82. The SMILES string of the molecule is C/C(C=O)=C\[C@@H](C)[C@H]1C/C(C)=C/C=C/CC[C@H](OC(N)=O)[C@@H](O)/C=C/[C@H](O)CCC/C=C/C(=O)O1. The van der Waals surface area contributed by atoms with Gasteiger partial charge in [-0.15, -0.1) is 0 Å². The van der Waals surface area contributed by atoms with E-state index in [4.69, 9.17) is 15.2 Å². The molecule has 0 fully saturated rings. The standard InChI is InChI=1S/C27H39NO7/c1-19-10-6-4-8-12-24(35-27(28)33)23(31)15-14-22(30)11-7-5-9-13-26(32)34-25(17-19)21(3)16-20(2)18-29/h4,6,9-10,13-16,18,21-25,30-31H,5,7-8,11-12,17H2,1-3H3,(H2,28,33)/b6-4+,13-9+,15-14+,19-10+,20-16+/t21-,22-,23+,24+,25-/m1/s1. The summed E-state index contributed by atoms with van der Waals surface area (Å²) in [5.41, 5.74) is 6.68. The minimum Gasteiger partial charge on any atom is -0.458 e. The van der Waals surface area contributed by atoms with Crippen molar-refractivity contribution in [2.45, 2.75) is 83.7 Å². The molecule has 0 radical (unpaired) electrons. The Morgan fingerprint density at radius 2 is 1.97 bits per heavy atom. The average Bonchev–Trinajstić information content (AvgIpc) is 2.79. The van der Waals surface area contributed by atoms with Gasteiger partial charge in [-0.25, -0.2) is 9.59 Å². The Bertz CT molecular complexity index is 840. The maximum atomic E-state index is 12.4. The molecule has 0 aromatic carbocycles. The molecule has 0 unspecified atom stereocenters. The molecule has 0 aliphatic carbocycles. The predicted molar refractivity (Wildman–Crippen MR) is 134 cm³/mol. The lowest BCUT2D eigenvalue weighted by Gasteiger charge is -2.22. The number of amides is 1. The normalized spacial score (nSPS) is 31.1. The molecule has 1 heterocycles. The number of aliphatic hydroxyl groups excluding tert-OH is 2. The third kappa shape index (κ3) is 13.5. The van der Waals surface area contributed by atoms with Gasteiger partial charge < -0.3 is 25.4 Å². The van der Waals surface area contributed by atoms with Crippen LogP contribution >= 0.6 is 0 Å². The highest BCUT2D eigenvalue weighted by Crippen LogP contribution is 2.20. The van der Waals surface area contributed by atoms with E-state index in [-0.39, 0.29) is 5.92 Å². The van der Waals surface area contributed by atoms with Crippen molar-refractivity contribution in [2.24, 2.45) is 11.7 Å². The largest absolute Gasteiger partial charge is 0.458 e. The topological polar surface area (TPSA) is 136 Å². The van der Waals surface area contributed by atoms with E-state index in [9.17, 15) is 24.6 Å². The van der Waals surface area contributed by atoms with E-state index in [0.29, 0.717) is 44.1 Å². The van der Waals surface area contributed by atoms with Crippen LogP contribution < -0.4 is 5.73 Å². The summed E-state index contributed by atoms with van der Waals surface area (Å²) in [5, 5.41) is 20.5. The van der Waals surface area contributed by atoms with E-state index < -0.39 is 36.5 Å². The number of primary amides is 1. The quantitative estimate of drug-likeness (QED) is 0.236. The molecule has 0 bridgehead atoms. The number of carbonyl (C=O) groups excluding carboxylic acids is 3. The van der Waals surface area contributed by atoms with Gasteiger partial charge in [0.15, 0.2) is 0 Å². The first-order valence-corrected chi connectivity index (χ1v) is 12.0. The van der Waals surface area contributed by atoms with E-state index in [1.165, 1.54) is 18.2 Å². The molecule has 0 spiro atoms. The van der Waals surface area contributed by atoms with Crippen LogP contribution in [0.2, 0.25) is 0 Å². The summed E-state index contributed by atoms with van der Waals surface area (Å²) in [6.45, 7) is 5.53. The molecule has 8 nitrogen and oxygen atoms in total. The molecule has 0 saturated carbocycles. The van der Waals surface area contributed by atoms with Gasteiger partial charge in [0.2, 0.25) is 0 Å². The molecule has 1 amide bonds. The van der Waals surface area contributed by atoms with Crippen molar-refractivity contribution in [1.82, 2.24) is 0 Å². The number of nitrogens with two attached hydrogens (primary N) is 1. The summed E-state index contributed by atoms with van der Waals surface area (Å²) in [6.07, 6.45) is 12.9. The summed E-state index contributed by atoms with van der Waals surface area (Å²) in [7, 11) is 0. The molecule has 1 rings (SSSR count). The summed E-state index contributed by atoms with van der Waals surface area (Å²) in [5.74, 6) is -0.626. The first-order valence-electron chi connectivity index (χ1n) is 12.0. The van der Waals surface area contributed by atoms with E-state index in [1.807, 2.05) is 32.1 Å². The Morgan fingerprint density at radius 1 is 1.23 bits per heavy atom. The van der Waals surface area contributed by atoms with Crippen LogP contribution in [0.5, 0.6) is 0 Å². The highest BCUT2D eigenvalue weighted by atomic mass is 16.6. The number of hydrogen-bond donors (Lipinski definition) is 3. The Balaban J connectivity index is 3.08. The van der Waals surface area contributed by atoms with Gasteiger partial charge in [0, 0.05) is 18.4 Å². The minimum atomic E-state index is -1.10. The van der Waals surface area contributed by atoms with Gasteiger partial charge in [0.25, 0.3) is 0 Å². The van der Waals surface area contributed by atoms with Crippen LogP contribution in [-0.2, 0) is 19.1 Å². The zero-order chi connectivity index (χ0) is 26.2. The van der Waals surface area contributed by atoms with Crippen molar-refractivity contribution in [3.63, 3.8) is 0 Å². The third-order valence-electron chi connectivity index (χ3n) is 5.53. The second-order valence-corrected chi connectivity index (χ2v) is 8.84. The number of aldehydes is 1. The van der Waals surface area contributed by atoms with Crippen molar-refractivity contribution in [3.8, 4) is 0 Å². The van der Waals surface area contributed by atoms with Crippen molar-refractivity contribution in [2.75, 3.05) is 0 Å². The summed E-state index contributed by atoms with van der Waals surface area (Å²) < 4.78 is 10.7. The van der Waals surface area contributed by atoms with Crippen molar-refractivity contribution >= 4 is 18.3 Å². The minimum absolute atomic E-state index is 0.169. The summed E-state index contributed by atoms with van der Waals surface area (Å²) in [4.78, 5) is 34.6. The zero-order valence-corrected chi connectivity index (χ0v) is 20.8. The number of cyclic esters (lactones) is 1. The van der Waals surface area contributed by atoms with Crippen LogP contribution in [0, 0.1) is 5.92 Å². The molecular formula is C27H39NO7. The number of rotatable bonds is 4. The summed E-state index contributed by atoms with van der Waals surface area (Å²) >= 11 is 0. The monoisotopic (exact) mass is 489 g/mol. The maximum Gasteiger partial charge on any atom is 0.404 e. The van der Waals surface area contributed by atoms with Gasteiger partial charge in [0.1, 0.15) is 24.6 Å². The fourth-order valence-electron chi connectivity index (χ4n) is 3.59. The number of esters is 1. The maximum absolute atomic E-state index is 12.4. The first-order chi connectivity index (χ1) is 16.6. The molecule has 8 heteroatoms. The molecule has 35 heavy (non-hydrogen) atoms. The lowest BCUT2D eigenvalue weighted by Crippen LogP contribution is -2.32. The molecule has 5 atom stereocenters. The predicted octanol–water partition coefficient (Wildman–Crippen LogP) is 3.83. The number of ether oxygens (including phenoxy) is 2. The number of carbonyl (C=O) groups is 3. The molecule has 0 saturated heterocycles. The summed E-state index contributed by atoms with van der Waals surface area (Å²) in [6, 6.07) is 0. The molecule has 4 N–H and O–H groups in total. The Labute approximate surface area is 207 Å². The number of hydrogen-bond acceptors (Lipinski definition) is 7. The lowest BCUT2D eigenvalue weighted by molar-refractivity contribution is -0.144. The van der Waals surface area contributed by atoms with Crippen molar-refractivity contribution in [1.29, 1.82) is 0 Å². The number of allylic oxidation sites excluding steroid dienone is 5. The van der Waals surface area contributed by atoms with Gasteiger partial charge >= 0.3 is 12.1 Å². The Kier molecular flexibility index (Phi) is 14.3. The zero-order valence-electron chi connectivity index (χ0n) is 20.8. The highest BCUT2D eigenvalue weighted by Gasteiger charge is 2.21. The van der Waals surface area contributed by atoms with Gasteiger partial charge in [-0.2, -0.15) is 0 Å². The lowest BCUT2D eigenvalue weighted by atomic mass is 9.96. The van der Waals surface area contributed by atoms with Crippen LogP contribution in [0.15, 0.2) is 59.8 Å².